The number of amides is 1. The second-order valence-electron chi connectivity index (χ2n) is 3.01. The lowest BCUT2D eigenvalue weighted by atomic mass is 9.98. The van der Waals surface area contributed by atoms with Crippen LogP contribution in [0.3, 0.4) is 0 Å². The van der Waals surface area contributed by atoms with E-state index in [0.29, 0.717) is 5.17 Å². The monoisotopic (exact) mass is 188 g/mol. The number of hydroxylamine groups is 1. The molecule has 2 atom stereocenters. The predicted octanol–water partition coefficient (Wildman–Crippen LogP) is -0.497. The van der Waals surface area contributed by atoms with Crippen molar-refractivity contribution in [2.45, 2.75) is 25.9 Å². The number of rotatable bonds is 3. The molecule has 0 aliphatic carbocycles. The van der Waals surface area contributed by atoms with E-state index in [0.717, 1.165) is 0 Å². The Morgan fingerprint density at radius 1 is 1.77 bits per heavy atom. The summed E-state index contributed by atoms with van der Waals surface area (Å²) in [5, 5.41) is 9.09. The lowest BCUT2D eigenvalue weighted by molar-refractivity contribution is -0.172. The van der Waals surface area contributed by atoms with E-state index >= 15 is 0 Å². The van der Waals surface area contributed by atoms with Crippen LogP contribution in [-0.4, -0.2) is 28.3 Å². The van der Waals surface area contributed by atoms with Crippen molar-refractivity contribution in [1.29, 1.82) is 0 Å². The largest absolute Gasteiger partial charge is 0.481 e. The number of aliphatic carboxylic acids is 1. The summed E-state index contributed by atoms with van der Waals surface area (Å²) in [6, 6.07) is 0. The minimum atomic E-state index is -0.921. The smallest absolute Gasteiger partial charge is 0.303 e. The summed E-state index contributed by atoms with van der Waals surface area (Å²) in [6.07, 6.45) is -0.113. The Morgan fingerprint density at radius 2 is 2.38 bits per heavy atom. The summed E-state index contributed by atoms with van der Waals surface area (Å²) in [4.78, 5) is 26.4. The Hall–Kier alpha value is -1.14. The first-order valence-corrected chi connectivity index (χ1v) is 3.99. The third kappa shape index (κ3) is 2.16. The average Bonchev–Trinajstić information content (AvgIpc) is 2.24. The van der Waals surface area contributed by atoms with Gasteiger partial charge in [0.1, 0.15) is 0 Å². The number of hydrogen-bond donors (Lipinski definition) is 2. The molecule has 1 saturated heterocycles. The van der Waals surface area contributed by atoms with Gasteiger partial charge in [0.25, 0.3) is 5.91 Å². The third-order valence-electron chi connectivity index (χ3n) is 2.05. The highest BCUT2D eigenvalue weighted by Gasteiger charge is 2.37. The summed E-state index contributed by atoms with van der Waals surface area (Å²) in [5.41, 5.74) is 0. The zero-order chi connectivity index (χ0) is 10.0. The standard InChI is InChI=1S/C7H12N2O4/c1-4-5(2-3-6(10)11)7(12)9(8)13-4/h4-5H,2-3,8H2,1H3,(H,10,11). The number of hydrogen-bond acceptors (Lipinski definition) is 4. The fourth-order valence-corrected chi connectivity index (χ4v) is 1.31. The van der Waals surface area contributed by atoms with Crippen molar-refractivity contribution in [3.8, 4) is 0 Å². The van der Waals surface area contributed by atoms with Crippen molar-refractivity contribution in [2.75, 3.05) is 0 Å². The topological polar surface area (TPSA) is 92.9 Å². The first-order chi connectivity index (χ1) is 6.02. The fourth-order valence-electron chi connectivity index (χ4n) is 1.31. The molecule has 2 unspecified atom stereocenters. The van der Waals surface area contributed by atoms with E-state index in [1.807, 2.05) is 0 Å². The molecule has 13 heavy (non-hydrogen) atoms. The summed E-state index contributed by atoms with van der Waals surface area (Å²) in [7, 11) is 0. The Labute approximate surface area is 75.2 Å². The van der Waals surface area contributed by atoms with Crippen molar-refractivity contribution in [3.63, 3.8) is 0 Å². The minimum Gasteiger partial charge on any atom is -0.481 e. The second-order valence-corrected chi connectivity index (χ2v) is 3.01. The number of carbonyl (C=O) groups is 2. The molecule has 74 valence electrons. The molecule has 1 aliphatic heterocycles. The highest BCUT2D eigenvalue weighted by molar-refractivity contribution is 5.80. The van der Waals surface area contributed by atoms with E-state index in [2.05, 4.69) is 0 Å². The number of carbonyl (C=O) groups excluding carboxylic acids is 1. The number of nitrogens with two attached hydrogens (primary N) is 1. The van der Waals surface area contributed by atoms with E-state index in [4.69, 9.17) is 15.8 Å². The first kappa shape index (κ1) is 9.94. The predicted molar refractivity (Wildman–Crippen MR) is 41.9 cm³/mol. The highest BCUT2D eigenvalue weighted by atomic mass is 16.7. The summed E-state index contributed by atoms with van der Waals surface area (Å²) in [5.74, 6) is 3.48. The van der Waals surface area contributed by atoms with Gasteiger partial charge >= 0.3 is 5.97 Å². The Bertz CT molecular complexity index is 231. The van der Waals surface area contributed by atoms with Crippen LogP contribution in [0.5, 0.6) is 0 Å². The van der Waals surface area contributed by atoms with Crippen LogP contribution in [0.15, 0.2) is 0 Å². The van der Waals surface area contributed by atoms with Crippen molar-refractivity contribution in [1.82, 2.24) is 5.17 Å². The quantitative estimate of drug-likeness (QED) is 0.460. The van der Waals surface area contributed by atoms with Gasteiger partial charge in [0.2, 0.25) is 0 Å². The van der Waals surface area contributed by atoms with Crippen LogP contribution >= 0.6 is 0 Å². The zero-order valence-corrected chi connectivity index (χ0v) is 7.27. The number of hydrazine groups is 1. The van der Waals surface area contributed by atoms with Gasteiger partial charge in [0.15, 0.2) is 0 Å². The summed E-state index contributed by atoms with van der Waals surface area (Å²) in [6.45, 7) is 1.69. The minimum absolute atomic E-state index is 0.0437. The van der Waals surface area contributed by atoms with Crippen LogP contribution in [0.2, 0.25) is 0 Å². The lowest BCUT2D eigenvalue weighted by Crippen LogP contribution is -2.32. The molecule has 0 saturated carbocycles. The zero-order valence-electron chi connectivity index (χ0n) is 7.27. The maximum absolute atomic E-state index is 11.2. The van der Waals surface area contributed by atoms with Gasteiger partial charge in [-0.2, -0.15) is 5.17 Å². The van der Waals surface area contributed by atoms with Crippen molar-refractivity contribution in [2.24, 2.45) is 11.8 Å². The summed E-state index contributed by atoms with van der Waals surface area (Å²) < 4.78 is 0. The number of carboxylic acids is 1. The molecule has 0 spiro atoms. The van der Waals surface area contributed by atoms with Crippen LogP contribution in [0.4, 0.5) is 0 Å². The number of carboxylic acid groups (broad SMARTS) is 1. The van der Waals surface area contributed by atoms with Crippen molar-refractivity contribution < 1.29 is 19.5 Å². The van der Waals surface area contributed by atoms with E-state index in [1.165, 1.54) is 0 Å². The van der Waals surface area contributed by atoms with Crippen molar-refractivity contribution in [3.05, 3.63) is 0 Å². The molecule has 0 bridgehead atoms. The van der Waals surface area contributed by atoms with Gasteiger partial charge in [-0.15, -0.1) is 0 Å². The van der Waals surface area contributed by atoms with E-state index in [9.17, 15) is 9.59 Å². The highest BCUT2D eigenvalue weighted by Crippen LogP contribution is 2.23. The molecule has 1 aliphatic rings. The van der Waals surface area contributed by atoms with Gasteiger partial charge in [0, 0.05) is 6.42 Å². The normalized spacial score (nSPS) is 28.2. The fraction of sp³-hybridized carbons (Fsp3) is 0.714. The molecule has 6 nitrogen and oxygen atoms in total. The lowest BCUT2D eigenvalue weighted by Gasteiger charge is -2.06. The molecule has 0 aromatic heterocycles. The van der Waals surface area contributed by atoms with Crippen LogP contribution in [-0.2, 0) is 14.4 Å². The molecule has 6 heteroatoms. The maximum atomic E-state index is 11.2. The molecule has 1 rings (SSSR count). The van der Waals surface area contributed by atoms with Crippen LogP contribution in [0, 0.1) is 5.92 Å². The van der Waals surface area contributed by atoms with E-state index < -0.39 is 11.9 Å². The van der Waals surface area contributed by atoms with Gasteiger partial charge in [-0.25, -0.2) is 5.84 Å². The van der Waals surface area contributed by atoms with Crippen LogP contribution in [0.25, 0.3) is 0 Å². The molecule has 3 N–H and O–H groups in total. The van der Waals surface area contributed by atoms with Gasteiger partial charge in [-0.3, -0.25) is 14.4 Å². The van der Waals surface area contributed by atoms with Crippen LogP contribution < -0.4 is 5.84 Å². The SMILES string of the molecule is CC1ON(N)C(=O)C1CCC(=O)O. The molecule has 0 aromatic carbocycles. The Morgan fingerprint density at radius 3 is 2.77 bits per heavy atom. The van der Waals surface area contributed by atoms with Gasteiger partial charge < -0.3 is 5.11 Å². The summed E-state index contributed by atoms with van der Waals surface area (Å²) >= 11 is 0. The van der Waals surface area contributed by atoms with Crippen LogP contribution in [0.1, 0.15) is 19.8 Å². The molecule has 0 aromatic rings. The van der Waals surface area contributed by atoms with Gasteiger partial charge in [0.05, 0.1) is 12.0 Å². The molecule has 1 heterocycles. The van der Waals surface area contributed by atoms with Gasteiger partial charge in [-0.05, 0) is 13.3 Å². The van der Waals surface area contributed by atoms with Gasteiger partial charge in [-0.1, -0.05) is 0 Å². The molecular formula is C7H12N2O4. The second kappa shape index (κ2) is 3.71. The van der Waals surface area contributed by atoms with E-state index in [-0.39, 0.29) is 24.9 Å². The average molecular weight is 188 g/mol. The maximum Gasteiger partial charge on any atom is 0.303 e. The van der Waals surface area contributed by atoms with E-state index in [1.54, 1.807) is 6.92 Å². The Kier molecular flexibility index (Phi) is 2.84. The number of nitrogens with zero attached hydrogens (tertiary/aromatic N) is 1. The molecule has 1 fully saturated rings. The molecule has 0 radical (unpaired) electrons. The third-order valence-corrected chi connectivity index (χ3v) is 2.05. The Balaban J connectivity index is 2.49. The molecule has 1 amide bonds. The van der Waals surface area contributed by atoms with Crippen molar-refractivity contribution >= 4 is 11.9 Å². The first-order valence-electron chi connectivity index (χ1n) is 3.99. The molecular weight excluding hydrogens is 176 g/mol.